The van der Waals surface area contributed by atoms with Crippen molar-refractivity contribution in [3.63, 3.8) is 0 Å². The van der Waals surface area contributed by atoms with Gasteiger partial charge in [0, 0.05) is 17.1 Å². The van der Waals surface area contributed by atoms with Gasteiger partial charge in [0.1, 0.15) is 6.10 Å². The Kier molecular flexibility index (Phi) is 7.54. The second-order valence-electron chi connectivity index (χ2n) is 7.41. The second kappa shape index (κ2) is 10.2. The molecule has 2 heterocycles. The zero-order valence-electron chi connectivity index (χ0n) is 18.7. The number of nitrogens with zero attached hydrogens (tertiary/aromatic N) is 4. The number of hydrogen-bond donors (Lipinski definition) is 2. The van der Waals surface area contributed by atoms with Crippen molar-refractivity contribution < 1.29 is 17.9 Å². The van der Waals surface area contributed by atoms with E-state index in [-0.39, 0.29) is 0 Å². The highest BCUT2D eigenvalue weighted by Crippen LogP contribution is 2.29. The van der Waals surface area contributed by atoms with E-state index in [2.05, 4.69) is 25.3 Å². The molecule has 1 atom stereocenters. The molecule has 0 saturated carbocycles. The predicted molar refractivity (Wildman–Crippen MR) is 127 cm³/mol. The molecular weight excluding hydrogens is 468 g/mol. The molecule has 33 heavy (non-hydrogen) atoms. The number of rotatable bonds is 8. The Labute approximate surface area is 197 Å². The minimum absolute atomic E-state index is 0.323. The minimum Gasteiger partial charge on any atom is -0.441 e. The van der Waals surface area contributed by atoms with Gasteiger partial charge in [0.25, 0.3) is 0 Å². The van der Waals surface area contributed by atoms with E-state index in [0.29, 0.717) is 45.7 Å². The van der Waals surface area contributed by atoms with E-state index in [9.17, 15) is 13.2 Å². The Morgan fingerprint density at radius 1 is 1.24 bits per heavy atom. The molecular formula is C21H25ClN6O4S. The summed E-state index contributed by atoms with van der Waals surface area (Å²) in [7, 11) is -3.45. The van der Waals surface area contributed by atoms with Gasteiger partial charge in [-0.1, -0.05) is 41.9 Å². The molecule has 1 amide bonds. The molecule has 0 saturated heterocycles. The van der Waals surface area contributed by atoms with E-state index < -0.39 is 22.2 Å². The summed E-state index contributed by atoms with van der Waals surface area (Å²) in [5, 5.41) is 11.5. The number of aryl methyl sites for hydroxylation is 2. The number of nitrogens with one attached hydrogen (secondary N) is 2. The summed E-state index contributed by atoms with van der Waals surface area (Å²) in [6, 6.07) is 10.3. The third kappa shape index (κ3) is 6.20. The lowest BCUT2D eigenvalue weighted by Crippen LogP contribution is -2.19. The van der Waals surface area contributed by atoms with Crippen LogP contribution in [-0.4, -0.2) is 40.7 Å². The molecule has 176 valence electrons. The molecule has 0 unspecified atom stereocenters. The number of aromatic nitrogens is 4. The number of halogens is 1. The molecule has 2 aromatic heterocycles. The fourth-order valence-electron chi connectivity index (χ4n) is 3.13. The Balaban J connectivity index is 1.87. The summed E-state index contributed by atoms with van der Waals surface area (Å²) in [6.45, 7) is 5.87. The van der Waals surface area contributed by atoms with E-state index in [1.807, 2.05) is 13.0 Å². The third-order valence-corrected chi connectivity index (χ3v) is 5.58. The maximum atomic E-state index is 12.7. The predicted octanol–water partition coefficient (Wildman–Crippen LogP) is 4.39. The normalized spacial score (nSPS) is 12.3. The minimum atomic E-state index is -3.45. The smallest absolute Gasteiger partial charge is 0.413 e. The lowest BCUT2D eigenvalue weighted by Gasteiger charge is -2.16. The summed E-state index contributed by atoms with van der Waals surface area (Å²) in [4.78, 5) is 17.1. The summed E-state index contributed by atoms with van der Waals surface area (Å²) >= 11 is 6.20. The Hall–Kier alpha value is -3.18. The third-order valence-electron chi connectivity index (χ3n) is 4.64. The molecule has 3 rings (SSSR count). The highest BCUT2D eigenvalue weighted by Gasteiger charge is 2.21. The molecule has 0 bridgehead atoms. The summed E-state index contributed by atoms with van der Waals surface area (Å²) in [5.74, 6) is 0.323. The van der Waals surface area contributed by atoms with Crippen LogP contribution in [0, 0.1) is 6.92 Å². The van der Waals surface area contributed by atoms with E-state index in [1.165, 1.54) is 0 Å². The van der Waals surface area contributed by atoms with Crippen LogP contribution >= 0.6 is 11.6 Å². The first-order valence-corrected chi connectivity index (χ1v) is 12.5. The molecule has 12 heteroatoms. The molecule has 1 aromatic carbocycles. The molecule has 10 nitrogen and oxygen atoms in total. The molecule has 0 aliphatic rings. The summed E-state index contributed by atoms with van der Waals surface area (Å²) < 4.78 is 32.5. The van der Waals surface area contributed by atoms with Gasteiger partial charge >= 0.3 is 6.09 Å². The number of pyridine rings is 1. The lowest BCUT2D eigenvalue weighted by molar-refractivity contribution is 0.121. The van der Waals surface area contributed by atoms with Gasteiger partial charge in [0.15, 0.2) is 11.5 Å². The van der Waals surface area contributed by atoms with Crippen molar-refractivity contribution in [2.24, 2.45) is 0 Å². The average molecular weight is 493 g/mol. The fraction of sp³-hybridized carbons (Fsp3) is 0.333. The van der Waals surface area contributed by atoms with Crippen LogP contribution in [0.15, 0.2) is 36.4 Å². The van der Waals surface area contributed by atoms with Gasteiger partial charge in [-0.2, -0.15) is 0 Å². The second-order valence-corrected chi connectivity index (χ2v) is 9.56. The zero-order valence-corrected chi connectivity index (χ0v) is 20.2. The highest BCUT2D eigenvalue weighted by atomic mass is 35.5. The van der Waals surface area contributed by atoms with E-state index in [1.54, 1.807) is 48.9 Å². The van der Waals surface area contributed by atoms with Crippen LogP contribution in [-0.2, 0) is 21.3 Å². The van der Waals surface area contributed by atoms with Crippen LogP contribution in [0.25, 0.3) is 11.4 Å². The molecule has 0 fully saturated rings. The van der Waals surface area contributed by atoms with Gasteiger partial charge < -0.3 is 4.74 Å². The average Bonchev–Trinajstić information content (AvgIpc) is 3.11. The Morgan fingerprint density at radius 2 is 1.97 bits per heavy atom. The lowest BCUT2D eigenvalue weighted by atomic mass is 10.1. The van der Waals surface area contributed by atoms with Crippen molar-refractivity contribution in [1.82, 2.24) is 20.0 Å². The maximum Gasteiger partial charge on any atom is 0.413 e. The Bertz CT molecular complexity index is 1260. The number of carbonyl (C=O) groups excluding carboxylic acids is 1. The summed E-state index contributed by atoms with van der Waals surface area (Å²) in [5.41, 5.74) is 2.23. The Morgan fingerprint density at radius 3 is 2.61 bits per heavy atom. The van der Waals surface area contributed by atoms with Gasteiger partial charge in [-0.05, 0) is 38.5 Å². The van der Waals surface area contributed by atoms with Crippen molar-refractivity contribution in [3.05, 3.63) is 52.7 Å². The number of sulfonamides is 1. The molecule has 0 spiro atoms. The van der Waals surface area contributed by atoms with Gasteiger partial charge in [-0.3, -0.25) is 10.0 Å². The number of amides is 1. The molecule has 0 radical (unpaired) electrons. The standard InChI is InChI=1S/C21H25ClN6O4S/c1-5-12-28-20(24-21(29)32-14(3)15-8-6-7-9-16(15)22)19(25-27-28)18-11-10-17(13(2)23-18)26-33(4,30)31/h6-11,14,26H,5,12H2,1-4H3,(H,24,29)/t14-/m1/s1. The quantitative estimate of drug-likeness (QED) is 0.477. The number of carbonyl (C=O) groups is 1. The van der Waals surface area contributed by atoms with Crippen molar-refractivity contribution >= 4 is 39.2 Å². The molecule has 0 aliphatic carbocycles. The van der Waals surface area contributed by atoms with Crippen LogP contribution in [0.4, 0.5) is 16.3 Å². The van der Waals surface area contributed by atoms with E-state index in [0.717, 1.165) is 12.7 Å². The maximum absolute atomic E-state index is 12.7. The number of anilines is 2. The van der Waals surface area contributed by atoms with Gasteiger partial charge in [0.2, 0.25) is 10.0 Å². The monoisotopic (exact) mass is 492 g/mol. The number of hydrogen-bond acceptors (Lipinski definition) is 7. The van der Waals surface area contributed by atoms with Gasteiger partial charge in [0.05, 0.1) is 23.3 Å². The number of benzene rings is 1. The first-order valence-electron chi connectivity index (χ1n) is 10.2. The SMILES string of the molecule is CCCn1nnc(-c2ccc(NS(C)(=O)=O)c(C)n2)c1NC(=O)O[C@H](C)c1ccccc1Cl. The van der Waals surface area contributed by atoms with Crippen molar-refractivity contribution in [2.45, 2.75) is 39.8 Å². The van der Waals surface area contributed by atoms with Crippen LogP contribution < -0.4 is 10.0 Å². The van der Waals surface area contributed by atoms with Crippen LogP contribution in [0.2, 0.25) is 5.02 Å². The highest BCUT2D eigenvalue weighted by molar-refractivity contribution is 7.92. The number of ether oxygens (including phenoxy) is 1. The van der Waals surface area contributed by atoms with Crippen LogP contribution in [0.3, 0.4) is 0 Å². The van der Waals surface area contributed by atoms with Gasteiger partial charge in [-0.15, -0.1) is 5.10 Å². The van der Waals surface area contributed by atoms with Crippen LogP contribution in [0.5, 0.6) is 0 Å². The first-order chi connectivity index (χ1) is 15.6. The van der Waals surface area contributed by atoms with E-state index in [4.69, 9.17) is 16.3 Å². The topological polar surface area (TPSA) is 128 Å². The van der Waals surface area contributed by atoms with Crippen LogP contribution in [0.1, 0.15) is 37.6 Å². The fourth-order valence-corrected chi connectivity index (χ4v) is 4.04. The largest absolute Gasteiger partial charge is 0.441 e. The van der Waals surface area contributed by atoms with Gasteiger partial charge in [-0.25, -0.2) is 22.9 Å². The first kappa shape index (κ1) is 24.5. The molecule has 0 aliphatic heterocycles. The molecule has 3 aromatic rings. The van der Waals surface area contributed by atoms with Crippen molar-refractivity contribution in [2.75, 3.05) is 16.3 Å². The molecule has 2 N–H and O–H groups in total. The van der Waals surface area contributed by atoms with E-state index >= 15 is 0 Å². The zero-order chi connectivity index (χ0) is 24.2. The summed E-state index contributed by atoms with van der Waals surface area (Å²) in [6.07, 6.45) is 0.537. The van der Waals surface area contributed by atoms with Crippen molar-refractivity contribution in [3.8, 4) is 11.4 Å². The van der Waals surface area contributed by atoms with Crippen molar-refractivity contribution in [1.29, 1.82) is 0 Å².